The first-order valence-corrected chi connectivity index (χ1v) is 12.9. The van der Waals surface area contributed by atoms with E-state index in [9.17, 15) is 9.59 Å². The van der Waals surface area contributed by atoms with Gasteiger partial charge in [0.1, 0.15) is 11.9 Å². The Hall–Kier alpha value is -3.56. The van der Waals surface area contributed by atoms with Crippen molar-refractivity contribution < 1.29 is 4.79 Å². The molecule has 5 rings (SSSR count). The van der Waals surface area contributed by atoms with Gasteiger partial charge in [0.2, 0.25) is 5.91 Å². The number of thiazole rings is 1. The van der Waals surface area contributed by atoms with Crippen LogP contribution in [0.2, 0.25) is 0 Å². The summed E-state index contributed by atoms with van der Waals surface area (Å²) in [6, 6.07) is 17.7. The van der Waals surface area contributed by atoms with Gasteiger partial charge in [-0.05, 0) is 44.1 Å². The third kappa shape index (κ3) is 4.89. The Morgan fingerprint density at radius 1 is 1.11 bits per heavy atom. The van der Waals surface area contributed by atoms with E-state index in [1.54, 1.807) is 11.6 Å². The Labute approximate surface area is 214 Å². The summed E-state index contributed by atoms with van der Waals surface area (Å²) in [4.78, 5) is 40.5. The summed E-state index contributed by atoms with van der Waals surface area (Å²) >= 11 is 1.38. The highest BCUT2D eigenvalue weighted by Crippen LogP contribution is 2.32. The number of carbonyl (C=O) groups is 1. The summed E-state index contributed by atoms with van der Waals surface area (Å²) in [7, 11) is 5.79. The van der Waals surface area contributed by atoms with Crippen LogP contribution < -0.4 is 15.8 Å². The summed E-state index contributed by atoms with van der Waals surface area (Å²) in [6.45, 7) is 2.02. The molecule has 8 nitrogen and oxygen atoms in total. The van der Waals surface area contributed by atoms with Crippen LogP contribution >= 0.6 is 11.3 Å². The van der Waals surface area contributed by atoms with Crippen molar-refractivity contribution in [2.24, 2.45) is 7.05 Å². The standard InChI is InChI=1S/C27H30N6O2S/c1-31(2)17-19-11-7-12-20(15-19)23-30-25-22(26(35)32(23)3)29-27(36-25)33-14-8-13-21(33)24(34)28-16-18-9-5-4-6-10-18/h4-7,9-12,15,21H,8,13-14,16-17H2,1-3H3,(H,28,34)/t21-/m1/s1. The Kier molecular flexibility index (Phi) is 6.84. The van der Waals surface area contributed by atoms with E-state index in [1.807, 2.05) is 61.5 Å². The van der Waals surface area contributed by atoms with Gasteiger partial charge in [-0.3, -0.25) is 14.2 Å². The SMILES string of the molecule is CN(C)Cc1cccc(-c2nc3sc(N4CCC[C@@H]4C(=O)NCc4ccccc4)nc3c(=O)n2C)c1. The van der Waals surface area contributed by atoms with Crippen LogP contribution in [0.3, 0.4) is 0 Å². The molecule has 1 atom stereocenters. The molecule has 4 aromatic rings. The zero-order chi connectivity index (χ0) is 25.2. The molecular formula is C27H30N6O2S. The maximum atomic E-state index is 13.2. The van der Waals surface area contributed by atoms with Gasteiger partial charge < -0.3 is 15.1 Å². The van der Waals surface area contributed by atoms with Gasteiger partial charge in [0, 0.05) is 32.2 Å². The number of fused-ring (bicyclic) bond motifs is 1. The van der Waals surface area contributed by atoms with Gasteiger partial charge in [-0.2, -0.15) is 0 Å². The van der Waals surface area contributed by atoms with Gasteiger partial charge in [0.05, 0.1) is 0 Å². The number of nitrogens with zero attached hydrogens (tertiary/aromatic N) is 5. The monoisotopic (exact) mass is 502 g/mol. The van der Waals surface area contributed by atoms with Crippen LogP contribution in [0, 0.1) is 0 Å². The molecule has 2 aromatic heterocycles. The molecule has 1 fully saturated rings. The van der Waals surface area contributed by atoms with Gasteiger partial charge in [-0.25, -0.2) is 9.97 Å². The Morgan fingerprint density at radius 2 is 1.89 bits per heavy atom. The minimum absolute atomic E-state index is 0.0186. The Balaban J connectivity index is 1.42. The molecule has 0 saturated carbocycles. The molecule has 9 heteroatoms. The molecule has 0 radical (unpaired) electrons. The minimum Gasteiger partial charge on any atom is -0.350 e. The van der Waals surface area contributed by atoms with E-state index < -0.39 is 0 Å². The summed E-state index contributed by atoms with van der Waals surface area (Å²) in [6.07, 6.45) is 1.65. The number of nitrogens with one attached hydrogen (secondary N) is 1. The van der Waals surface area contributed by atoms with Crippen LogP contribution in [-0.4, -0.2) is 52.0 Å². The molecule has 0 bridgehead atoms. The average molecular weight is 503 g/mol. The second-order valence-electron chi connectivity index (χ2n) is 9.44. The zero-order valence-electron chi connectivity index (χ0n) is 20.8. The fourth-order valence-corrected chi connectivity index (χ4v) is 5.68. The minimum atomic E-state index is -0.305. The van der Waals surface area contributed by atoms with E-state index in [-0.39, 0.29) is 17.5 Å². The number of benzene rings is 2. The fraction of sp³-hybridized carbons (Fsp3) is 0.333. The first-order valence-electron chi connectivity index (χ1n) is 12.1. The molecule has 1 N–H and O–H groups in total. The van der Waals surface area contributed by atoms with Crippen LogP contribution in [0.1, 0.15) is 24.0 Å². The fourth-order valence-electron chi connectivity index (χ4n) is 4.67. The second-order valence-corrected chi connectivity index (χ2v) is 10.4. The predicted octanol–water partition coefficient (Wildman–Crippen LogP) is 3.40. The summed E-state index contributed by atoms with van der Waals surface area (Å²) < 4.78 is 1.56. The van der Waals surface area contributed by atoms with Gasteiger partial charge in [-0.1, -0.05) is 59.9 Å². The van der Waals surface area contributed by atoms with E-state index in [0.29, 0.717) is 27.8 Å². The lowest BCUT2D eigenvalue weighted by atomic mass is 10.1. The highest BCUT2D eigenvalue weighted by Gasteiger charge is 2.33. The van der Waals surface area contributed by atoms with Gasteiger partial charge in [0.15, 0.2) is 15.5 Å². The molecule has 0 spiro atoms. The number of anilines is 1. The third-order valence-electron chi connectivity index (χ3n) is 6.43. The normalized spacial score (nSPS) is 15.7. The van der Waals surface area contributed by atoms with E-state index in [0.717, 1.165) is 42.6 Å². The van der Waals surface area contributed by atoms with E-state index in [2.05, 4.69) is 27.3 Å². The predicted molar refractivity (Wildman–Crippen MR) is 144 cm³/mol. The van der Waals surface area contributed by atoms with Crippen LogP contribution in [0.4, 0.5) is 5.13 Å². The molecule has 36 heavy (non-hydrogen) atoms. The molecule has 1 amide bonds. The second kappa shape index (κ2) is 10.2. The Morgan fingerprint density at radius 3 is 2.67 bits per heavy atom. The molecule has 1 saturated heterocycles. The molecule has 3 heterocycles. The van der Waals surface area contributed by atoms with Crippen LogP contribution in [0.25, 0.3) is 21.7 Å². The molecule has 1 aliphatic rings. The Bertz CT molecular complexity index is 1450. The first-order chi connectivity index (χ1) is 17.4. The zero-order valence-corrected chi connectivity index (χ0v) is 21.6. The van der Waals surface area contributed by atoms with Gasteiger partial charge in [-0.15, -0.1) is 0 Å². The number of hydrogen-bond donors (Lipinski definition) is 1. The first kappa shape index (κ1) is 24.1. The quantitative estimate of drug-likeness (QED) is 0.417. The van der Waals surface area contributed by atoms with Crippen molar-refractivity contribution in [2.45, 2.75) is 32.0 Å². The van der Waals surface area contributed by atoms with E-state index in [4.69, 9.17) is 4.98 Å². The molecule has 1 aliphatic heterocycles. The number of carbonyl (C=O) groups excluding carboxylic acids is 1. The topological polar surface area (TPSA) is 83.4 Å². The lowest BCUT2D eigenvalue weighted by Gasteiger charge is -2.23. The number of hydrogen-bond acceptors (Lipinski definition) is 7. The molecule has 186 valence electrons. The summed E-state index contributed by atoms with van der Waals surface area (Å²) in [5.41, 5.74) is 3.27. The average Bonchev–Trinajstić information content (AvgIpc) is 3.52. The number of aromatic nitrogens is 3. The van der Waals surface area contributed by atoms with Crippen molar-refractivity contribution in [3.05, 3.63) is 76.1 Å². The largest absolute Gasteiger partial charge is 0.350 e. The van der Waals surface area contributed by atoms with Crippen molar-refractivity contribution in [3.8, 4) is 11.4 Å². The van der Waals surface area contributed by atoms with Crippen LogP contribution in [0.5, 0.6) is 0 Å². The van der Waals surface area contributed by atoms with E-state index >= 15 is 0 Å². The number of amides is 1. The highest BCUT2D eigenvalue weighted by molar-refractivity contribution is 7.21. The highest BCUT2D eigenvalue weighted by atomic mass is 32.1. The lowest BCUT2D eigenvalue weighted by molar-refractivity contribution is -0.122. The molecule has 2 aromatic carbocycles. The smallest absolute Gasteiger partial charge is 0.281 e. The van der Waals surface area contributed by atoms with Crippen LogP contribution in [-0.2, 0) is 24.9 Å². The molecule has 0 aliphatic carbocycles. The van der Waals surface area contributed by atoms with Crippen molar-refractivity contribution in [2.75, 3.05) is 25.5 Å². The lowest BCUT2D eigenvalue weighted by Crippen LogP contribution is -2.43. The van der Waals surface area contributed by atoms with Crippen molar-refractivity contribution in [3.63, 3.8) is 0 Å². The van der Waals surface area contributed by atoms with Gasteiger partial charge in [0.25, 0.3) is 5.56 Å². The van der Waals surface area contributed by atoms with Crippen molar-refractivity contribution in [1.29, 1.82) is 0 Å². The van der Waals surface area contributed by atoms with Crippen molar-refractivity contribution in [1.82, 2.24) is 24.8 Å². The summed E-state index contributed by atoms with van der Waals surface area (Å²) in [5.74, 6) is 0.594. The van der Waals surface area contributed by atoms with Crippen molar-refractivity contribution >= 4 is 32.7 Å². The molecule has 0 unspecified atom stereocenters. The summed E-state index contributed by atoms with van der Waals surface area (Å²) in [5, 5.41) is 3.73. The number of rotatable bonds is 7. The van der Waals surface area contributed by atoms with Crippen LogP contribution in [0.15, 0.2) is 59.4 Å². The molecular weight excluding hydrogens is 472 g/mol. The van der Waals surface area contributed by atoms with Gasteiger partial charge >= 0.3 is 0 Å². The maximum Gasteiger partial charge on any atom is 0.281 e. The van der Waals surface area contributed by atoms with E-state index in [1.165, 1.54) is 11.3 Å². The third-order valence-corrected chi connectivity index (χ3v) is 7.41. The maximum absolute atomic E-state index is 13.2.